The van der Waals surface area contributed by atoms with E-state index in [1.54, 1.807) is 6.07 Å². The van der Waals surface area contributed by atoms with Gasteiger partial charge in [-0.15, -0.1) is 0 Å². The van der Waals surface area contributed by atoms with Crippen molar-refractivity contribution in [1.29, 1.82) is 0 Å². The highest BCUT2D eigenvalue weighted by Gasteiger charge is 2.34. The minimum atomic E-state index is -4.60. The Balaban J connectivity index is 2.51. The molecule has 100 valence electrons. The normalized spacial score (nSPS) is 11.6. The van der Waals surface area contributed by atoms with E-state index in [1.165, 1.54) is 12.4 Å². The van der Waals surface area contributed by atoms with Gasteiger partial charge in [0.2, 0.25) is 0 Å². The third-order valence-corrected chi connectivity index (χ3v) is 2.68. The minimum absolute atomic E-state index is 0.294. The van der Waals surface area contributed by atoms with E-state index in [9.17, 15) is 18.3 Å². The molecule has 1 heterocycles. The average Bonchev–Trinajstić information content (AvgIpc) is 2.38. The number of nitrogens with zero attached hydrogens (tertiary/aromatic N) is 2. The Kier molecular flexibility index (Phi) is 3.42. The lowest BCUT2D eigenvalue weighted by Gasteiger charge is -2.10. The van der Waals surface area contributed by atoms with Crippen molar-refractivity contribution in [3.63, 3.8) is 0 Å². The van der Waals surface area contributed by atoms with Crippen LogP contribution < -0.4 is 0 Å². The van der Waals surface area contributed by atoms with E-state index in [4.69, 9.17) is 0 Å². The van der Waals surface area contributed by atoms with Crippen LogP contribution in [0.2, 0.25) is 0 Å². The van der Waals surface area contributed by atoms with Gasteiger partial charge in [0.15, 0.2) is 0 Å². The summed E-state index contributed by atoms with van der Waals surface area (Å²) in [6.45, 7) is 1.89. The van der Waals surface area contributed by atoms with E-state index in [1.807, 2.05) is 6.92 Å². The Bertz CT molecular complexity index is 597. The number of benzene rings is 1. The van der Waals surface area contributed by atoms with Crippen LogP contribution in [0.15, 0.2) is 30.6 Å². The van der Waals surface area contributed by atoms with E-state index in [-0.39, 0.29) is 0 Å². The second-order valence-corrected chi connectivity index (χ2v) is 3.98. The molecule has 1 N–H and O–H groups in total. The molecule has 0 bridgehead atoms. The number of hydrogen-bond acceptors (Lipinski definition) is 3. The third-order valence-electron chi connectivity index (χ3n) is 2.68. The first-order chi connectivity index (χ1) is 8.91. The lowest BCUT2D eigenvalue weighted by molar-refractivity contribution is -0.138. The molecule has 0 spiro atoms. The summed E-state index contributed by atoms with van der Waals surface area (Å²) in [4.78, 5) is 7.94. The SMILES string of the molecule is CCc1cc(-c2ccc(O)c(C(F)(F)F)c2)ncn1. The molecule has 6 heteroatoms. The molecule has 3 nitrogen and oxygen atoms in total. The molecule has 0 saturated heterocycles. The summed E-state index contributed by atoms with van der Waals surface area (Å²) >= 11 is 0. The summed E-state index contributed by atoms with van der Waals surface area (Å²) in [7, 11) is 0. The number of rotatable bonds is 2. The molecule has 0 aliphatic heterocycles. The predicted octanol–water partition coefficient (Wildman–Crippen LogP) is 3.43. The standard InChI is InChI=1S/C13H11F3N2O/c1-2-9-6-11(18-7-17-9)8-3-4-12(19)10(5-8)13(14,15)16/h3-7,19H,2H2,1H3. The molecule has 0 atom stereocenters. The number of aryl methyl sites for hydroxylation is 1. The van der Waals surface area contributed by atoms with E-state index >= 15 is 0 Å². The summed E-state index contributed by atoms with van der Waals surface area (Å²) in [6.07, 6.45) is -2.62. The predicted molar refractivity (Wildman–Crippen MR) is 63.5 cm³/mol. The zero-order valence-electron chi connectivity index (χ0n) is 10.1. The number of alkyl halides is 3. The minimum Gasteiger partial charge on any atom is -0.507 e. The largest absolute Gasteiger partial charge is 0.507 e. The first-order valence-corrected chi connectivity index (χ1v) is 5.63. The van der Waals surface area contributed by atoms with Gasteiger partial charge in [-0.05, 0) is 30.7 Å². The maximum atomic E-state index is 12.7. The fourth-order valence-electron chi connectivity index (χ4n) is 1.67. The van der Waals surface area contributed by atoms with Gasteiger partial charge in [-0.2, -0.15) is 13.2 Å². The summed E-state index contributed by atoms with van der Waals surface area (Å²) in [5, 5.41) is 9.27. The molecule has 1 aromatic carbocycles. The van der Waals surface area contributed by atoms with Crippen LogP contribution in [0.5, 0.6) is 5.75 Å². The Morgan fingerprint density at radius 1 is 1.16 bits per heavy atom. The van der Waals surface area contributed by atoms with Crippen LogP contribution >= 0.6 is 0 Å². The van der Waals surface area contributed by atoms with Crippen molar-refractivity contribution >= 4 is 0 Å². The van der Waals surface area contributed by atoms with Crippen molar-refractivity contribution in [2.75, 3.05) is 0 Å². The van der Waals surface area contributed by atoms with Gasteiger partial charge in [0, 0.05) is 11.3 Å². The Morgan fingerprint density at radius 3 is 2.53 bits per heavy atom. The van der Waals surface area contributed by atoms with Crippen molar-refractivity contribution in [1.82, 2.24) is 9.97 Å². The van der Waals surface area contributed by atoms with Gasteiger partial charge in [0.25, 0.3) is 0 Å². The topological polar surface area (TPSA) is 46.0 Å². The number of aromatic hydroxyl groups is 1. The first-order valence-electron chi connectivity index (χ1n) is 5.63. The molecule has 1 aromatic heterocycles. The fraction of sp³-hybridized carbons (Fsp3) is 0.231. The number of halogens is 3. The monoisotopic (exact) mass is 268 g/mol. The van der Waals surface area contributed by atoms with Crippen LogP contribution in [0.1, 0.15) is 18.2 Å². The molecule has 0 aliphatic rings. The van der Waals surface area contributed by atoms with Crippen molar-refractivity contribution in [2.24, 2.45) is 0 Å². The summed E-state index contributed by atoms with van der Waals surface area (Å²) in [5.74, 6) is -0.791. The van der Waals surface area contributed by atoms with Crippen LogP contribution in [-0.2, 0) is 12.6 Å². The Labute approximate surface area is 107 Å². The lowest BCUT2D eigenvalue weighted by Crippen LogP contribution is -2.05. The van der Waals surface area contributed by atoms with E-state index in [2.05, 4.69) is 9.97 Å². The highest BCUT2D eigenvalue weighted by molar-refractivity contribution is 5.62. The van der Waals surface area contributed by atoms with Gasteiger partial charge in [0.1, 0.15) is 12.1 Å². The maximum absolute atomic E-state index is 12.7. The molecule has 0 saturated carbocycles. The zero-order chi connectivity index (χ0) is 14.0. The number of hydrogen-bond donors (Lipinski definition) is 1. The van der Waals surface area contributed by atoms with Crippen LogP contribution in [-0.4, -0.2) is 15.1 Å². The second-order valence-electron chi connectivity index (χ2n) is 3.98. The van der Waals surface area contributed by atoms with Gasteiger partial charge in [-0.1, -0.05) is 6.92 Å². The van der Waals surface area contributed by atoms with Crippen LogP contribution in [0.4, 0.5) is 13.2 Å². The van der Waals surface area contributed by atoms with Crippen LogP contribution in [0.3, 0.4) is 0 Å². The van der Waals surface area contributed by atoms with E-state index in [0.29, 0.717) is 17.7 Å². The first kappa shape index (κ1) is 13.3. The second kappa shape index (κ2) is 4.87. The zero-order valence-corrected chi connectivity index (χ0v) is 10.1. The quantitative estimate of drug-likeness (QED) is 0.907. The fourth-order valence-corrected chi connectivity index (χ4v) is 1.67. The van der Waals surface area contributed by atoms with Crippen LogP contribution in [0.25, 0.3) is 11.3 Å². The molecule has 0 amide bonds. The number of phenolic OH excluding ortho intramolecular Hbond substituents is 1. The summed E-state index contributed by atoms with van der Waals surface area (Å²) in [5.41, 5.74) is 0.368. The van der Waals surface area contributed by atoms with Crippen molar-refractivity contribution in [3.05, 3.63) is 41.9 Å². The number of phenols is 1. The Morgan fingerprint density at radius 2 is 1.89 bits per heavy atom. The molecule has 0 fully saturated rings. The maximum Gasteiger partial charge on any atom is 0.419 e. The van der Waals surface area contributed by atoms with Gasteiger partial charge in [-0.25, -0.2) is 9.97 Å². The van der Waals surface area contributed by atoms with E-state index < -0.39 is 17.5 Å². The highest BCUT2D eigenvalue weighted by Crippen LogP contribution is 2.37. The van der Waals surface area contributed by atoms with Crippen LogP contribution in [0, 0.1) is 0 Å². The Hall–Kier alpha value is -2.11. The molecular weight excluding hydrogens is 257 g/mol. The molecule has 0 aliphatic carbocycles. The van der Waals surface area contributed by atoms with Crippen molar-refractivity contribution < 1.29 is 18.3 Å². The highest BCUT2D eigenvalue weighted by atomic mass is 19.4. The van der Waals surface area contributed by atoms with Gasteiger partial charge in [-0.3, -0.25) is 0 Å². The molecule has 0 unspecified atom stereocenters. The van der Waals surface area contributed by atoms with E-state index in [0.717, 1.165) is 17.8 Å². The van der Waals surface area contributed by atoms with Gasteiger partial charge < -0.3 is 5.11 Å². The molecule has 0 radical (unpaired) electrons. The summed E-state index contributed by atoms with van der Waals surface area (Å²) < 4.78 is 38.1. The molecule has 2 rings (SSSR count). The van der Waals surface area contributed by atoms with Crippen molar-refractivity contribution in [3.8, 4) is 17.0 Å². The number of aromatic nitrogens is 2. The third kappa shape index (κ3) is 2.83. The molecule has 19 heavy (non-hydrogen) atoms. The average molecular weight is 268 g/mol. The molecular formula is C13H11F3N2O. The smallest absolute Gasteiger partial charge is 0.419 e. The summed E-state index contributed by atoms with van der Waals surface area (Å²) in [6, 6.07) is 4.93. The van der Waals surface area contributed by atoms with Gasteiger partial charge in [0.05, 0.1) is 11.3 Å². The van der Waals surface area contributed by atoms with Crippen molar-refractivity contribution in [2.45, 2.75) is 19.5 Å². The molecule has 2 aromatic rings. The lowest BCUT2D eigenvalue weighted by atomic mass is 10.1. The van der Waals surface area contributed by atoms with Gasteiger partial charge >= 0.3 is 6.18 Å².